The first-order valence-electron chi connectivity index (χ1n) is 6.64. The van der Waals surface area contributed by atoms with Crippen LogP contribution in [0.5, 0.6) is 0 Å². The van der Waals surface area contributed by atoms with Crippen LogP contribution in [-0.4, -0.2) is 27.3 Å². The van der Waals surface area contributed by atoms with E-state index in [1.54, 1.807) is 54.7 Å². The van der Waals surface area contributed by atoms with Crippen LogP contribution in [0.1, 0.15) is 20.7 Å². The van der Waals surface area contributed by atoms with Crippen molar-refractivity contribution in [1.29, 1.82) is 0 Å². The van der Waals surface area contributed by atoms with Crippen molar-refractivity contribution in [3.63, 3.8) is 0 Å². The summed E-state index contributed by atoms with van der Waals surface area (Å²) in [4.78, 5) is 27.2. The van der Waals surface area contributed by atoms with Crippen molar-refractivity contribution >= 4 is 28.8 Å². The van der Waals surface area contributed by atoms with Crippen LogP contribution < -0.4 is 0 Å². The Balaban J connectivity index is 2.14. The molecular formula is C17H11N3O2. The molecule has 5 nitrogen and oxygen atoms in total. The largest absolute Gasteiger partial charge is 0.361 e. The average molecular weight is 289 g/mol. The molecule has 0 saturated heterocycles. The Kier molecular flexibility index (Phi) is 3.48. The van der Waals surface area contributed by atoms with Gasteiger partial charge < -0.3 is 5.53 Å². The van der Waals surface area contributed by atoms with Gasteiger partial charge in [-0.25, -0.2) is 0 Å². The monoisotopic (exact) mass is 289 g/mol. The van der Waals surface area contributed by atoms with Gasteiger partial charge in [0.15, 0.2) is 0 Å². The van der Waals surface area contributed by atoms with E-state index in [1.807, 2.05) is 6.07 Å². The van der Waals surface area contributed by atoms with Crippen LogP contribution >= 0.6 is 0 Å². The molecule has 0 aliphatic heterocycles. The number of ketones is 1. The summed E-state index contributed by atoms with van der Waals surface area (Å²) in [7, 11) is 0. The zero-order valence-electron chi connectivity index (χ0n) is 11.5. The van der Waals surface area contributed by atoms with Crippen LogP contribution in [0, 0.1) is 0 Å². The number of rotatable bonds is 3. The molecule has 3 aromatic rings. The minimum atomic E-state index is -0.419. The fourth-order valence-corrected chi connectivity index (χ4v) is 2.40. The van der Waals surface area contributed by atoms with Crippen molar-refractivity contribution in [3.05, 3.63) is 77.5 Å². The van der Waals surface area contributed by atoms with Crippen LogP contribution in [0.2, 0.25) is 0 Å². The summed E-state index contributed by atoms with van der Waals surface area (Å²) >= 11 is 0. The molecule has 0 N–H and O–H groups in total. The van der Waals surface area contributed by atoms with Gasteiger partial charge in [0.05, 0.1) is 5.52 Å². The summed E-state index contributed by atoms with van der Waals surface area (Å²) in [6, 6.07) is 15.7. The Morgan fingerprint density at radius 3 is 2.50 bits per heavy atom. The van der Waals surface area contributed by atoms with Gasteiger partial charge in [0.2, 0.25) is 0 Å². The van der Waals surface area contributed by atoms with Crippen LogP contribution in [0.25, 0.3) is 16.4 Å². The van der Waals surface area contributed by atoms with E-state index in [0.29, 0.717) is 22.0 Å². The second kappa shape index (κ2) is 5.60. The van der Waals surface area contributed by atoms with Gasteiger partial charge in [0.25, 0.3) is 11.7 Å². The zero-order chi connectivity index (χ0) is 15.5. The van der Waals surface area contributed by atoms with Crippen LogP contribution in [0.4, 0.5) is 0 Å². The quantitative estimate of drug-likeness (QED) is 0.322. The lowest BCUT2D eigenvalue weighted by Gasteiger charge is -2.04. The van der Waals surface area contributed by atoms with E-state index in [2.05, 4.69) is 4.79 Å². The van der Waals surface area contributed by atoms with E-state index in [1.165, 1.54) is 4.57 Å². The third kappa shape index (κ3) is 2.26. The van der Waals surface area contributed by atoms with Crippen LogP contribution in [-0.2, 0) is 0 Å². The molecule has 22 heavy (non-hydrogen) atoms. The van der Waals surface area contributed by atoms with Crippen molar-refractivity contribution in [2.75, 3.05) is 0 Å². The molecule has 0 unspecified atom stereocenters. The highest BCUT2D eigenvalue weighted by Crippen LogP contribution is 2.21. The molecule has 0 bridgehead atoms. The number of fused-ring (bicyclic) bond motifs is 1. The fourth-order valence-electron chi connectivity index (χ4n) is 2.40. The topological polar surface area (TPSA) is 75.5 Å². The maximum atomic E-state index is 12.5. The number of carbonyl (C=O) groups is 2. The predicted octanol–water partition coefficient (Wildman–Crippen LogP) is 2.81. The lowest BCUT2D eigenvalue weighted by molar-refractivity contribution is 0.00236. The number of Topliss-reactive ketones (excluding diaryl/α,β-unsaturated/α-hetero) is 1. The maximum Gasteiger partial charge on any atom is 0.328 e. The van der Waals surface area contributed by atoms with Crippen LogP contribution in [0.15, 0.2) is 60.8 Å². The first-order chi connectivity index (χ1) is 10.7. The molecule has 1 aromatic heterocycles. The Bertz CT molecular complexity index is 919. The highest BCUT2D eigenvalue weighted by Gasteiger charge is 2.16. The molecule has 0 aliphatic rings. The number of carbonyl (C=O) groups excluding carboxylic acids is 2. The van der Waals surface area contributed by atoms with E-state index in [9.17, 15) is 9.59 Å². The van der Waals surface area contributed by atoms with Crippen molar-refractivity contribution in [2.24, 2.45) is 0 Å². The van der Waals surface area contributed by atoms with E-state index >= 15 is 0 Å². The fraction of sp³-hybridized carbons (Fsp3) is 0. The molecule has 106 valence electrons. The lowest BCUT2D eigenvalue weighted by Crippen LogP contribution is -2.10. The normalized spacial score (nSPS) is 10.2. The van der Waals surface area contributed by atoms with Gasteiger partial charge >= 0.3 is 6.21 Å². The molecule has 0 atom stereocenters. The van der Waals surface area contributed by atoms with E-state index < -0.39 is 5.78 Å². The first kappa shape index (κ1) is 13.7. The summed E-state index contributed by atoms with van der Waals surface area (Å²) in [5, 5.41) is 0.636. The molecule has 0 amide bonds. The average Bonchev–Trinajstić information content (AvgIpc) is 2.99. The molecule has 0 radical (unpaired) electrons. The molecule has 5 heteroatoms. The van der Waals surface area contributed by atoms with Crippen molar-refractivity contribution < 1.29 is 14.4 Å². The molecule has 0 spiro atoms. The first-order valence-corrected chi connectivity index (χ1v) is 6.64. The molecule has 0 aliphatic carbocycles. The second-order valence-electron chi connectivity index (χ2n) is 4.70. The van der Waals surface area contributed by atoms with Gasteiger partial charge in [-0.3, -0.25) is 14.2 Å². The number of benzene rings is 2. The Hall–Kier alpha value is -3.30. The summed E-state index contributed by atoms with van der Waals surface area (Å²) in [6.45, 7) is 0. The van der Waals surface area contributed by atoms with Crippen molar-refractivity contribution in [1.82, 2.24) is 4.57 Å². The summed E-state index contributed by atoms with van der Waals surface area (Å²) < 4.78 is 1.50. The van der Waals surface area contributed by atoms with Gasteiger partial charge in [-0.15, -0.1) is 0 Å². The lowest BCUT2D eigenvalue weighted by atomic mass is 10.1. The van der Waals surface area contributed by atoms with E-state index in [4.69, 9.17) is 5.53 Å². The molecule has 1 heterocycles. The third-order valence-corrected chi connectivity index (χ3v) is 3.41. The van der Waals surface area contributed by atoms with E-state index in [0.717, 1.165) is 6.21 Å². The van der Waals surface area contributed by atoms with E-state index in [-0.39, 0.29) is 5.91 Å². The molecule has 2 aromatic carbocycles. The SMILES string of the molecule is [N-]=[N+]=CC(=O)c1cccc2c1ccn2C(=O)c1ccccc1. The van der Waals surface area contributed by atoms with Crippen LogP contribution in [0.3, 0.4) is 0 Å². The van der Waals surface area contributed by atoms with Crippen molar-refractivity contribution in [3.8, 4) is 0 Å². The Labute approximate surface area is 126 Å². The number of hydrogen-bond acceptors (Lipinski definition) is 2. The van der Waals surface area contributed by atoms with Gasteiger partial charge in [-0.1, -0.05) is 30.3 Å². The Morgan fingerprint density at radius 1 is 1.00 bits per heavy atom. The van der Waals surface area contributed by atoms with Gasteiger partial charge in [-0.2, -0.15) is 4.79 Å². The summed E-state index contributed by atoms with van der Waals surface area (Å²) in [5.74, 6) is -0.589. The third-order valence-electron chi connectivity index (χ3n) is 3.41. The van der Waals surface area contributed by atoms with Gasteiger partial charge in [0, 0.05) is 22.7 Å². The molecule has 0 saturated carbocycles. The summed E-state index contributed by atoms with van der Waals surface area (Å²) in [5.41, 5.74) is 10.1. The van der Waals surface area contributed by atoms with Gasteiger partial charge in [0.1, 0.15) is 0 Å². The highest BCUT2D eigenvalue weighted by molar-refractivity contribution is 6.36. The summed E-state index contributed by atoms with van der Waals surface area (Å²) in [6.07, 6.45) is 2.47. The van der Waals surface area contributed by atoms with Gasteiger partial charge in [-0.05, 0) is 24.3 Å². The minimum Gasteiger partial charge on any atom is -0.361 e. The molecular weight excluding hydrogens is 278 g/mol. The highest BCUT2D eigenvalue weighted by atomic mass is 16.2. The molecule has 0 fully saturated rings. The predicted molar refractivity (Wildman–Crippen MR) is 82.1 cm³/mol. The number of hydrogen-bond donors (Lipinski definition) is 0. The maximum absolute atomic E-state index is 12.5. The molecule has 3 rings (SSSR count). The number of aromatic nitrogens is 1. The smallest absolute Gasteiger partial charge is 0.328 e. The zero-order valence-corrected chi connectivity index (χ0v) is 11.5. The Morgan fingerprint density at radius 2 is 1.77 bits per heavy atom. The second-order valence-corrected chi connectivity index (χ2v) is 4.70. The standard InChI is InChI=1S/C17H11N3O2/c18-19-11-16(21)14-7-4-8-15-13(14)9-10-20(15)17(22)12-5-2-1-3-6-12/h1-11H. The minimum absolute atomic E-state index is 0.170. The van der Waals surface area contributed by atoms with Crippen molar-refractivity contribution in [2.45, 2.75) is 0 Å². The number of nitrogens with zero attached hydrogens (tertiary/aromatic N) is 3.